The van der Waals surface area contributed by atoms with Gasteiger partial charge in [0.15, 0.2) is 11.8 Å². The van der Waals surface area contributed by atoms with Crippen LogP contribution in [0.25, 0.3) is 33.3 Å². The summed E-state index contributed by atoms with van der Waals surface area (Å²) < 4.78 is 8.62. The van der Waals surface area contributed by atoms with Crippen LogP contribution in [0.4, 0.5) is 0 Å². The number of aromatic nitrogens is 2. The van der Waals surface area contributed by atoms with Gasteiger partial charge in [0.1, 0.15) is 7.05 Å². The molecule has 0 amide bonds. The molecule has 3 nitrogen and oxygen atoms in total. The van der Waals surface area contributed by atoms with Crippen molar-refractivity contribution >= 4 is 22.1 Å². The summed E-state index contributed by atoms with van der Waals surface area (Å²) in [7, 11) is 2.12. The van der Waals surface area contributed by atoms with E-state index < -0.39 is 0 Å². The molecule has 0 radical (unpaired) electrons. The SMILES string of the molecule is CCc1ccc(-c2c(C)ccc3c2oc2nc(C4CCCC4)ccc23)[n+](C)c1. The second kappa shape index (κ2) is 6.73. The quantitative estimate of drug-likeness (QED) is 0.413. The summed E-state index contributed by atoms with van der Waals surface area (Å²) in [4.78, 5) is 4.94. The van der Waals surface area contributed by atoms with Crippen molar-refractivity contribution in [3.05, 3.63) is 59.4 Å². The minimum Gasteiger partial charge on any atom is -0.437 e. The van der Waals surface area contributed by atoms with Crippen LogP contribution in [0.5, 0.6) is 0 Å². The third-order valence-corrected chi connectivity index (χ3v) is 6.37. The summed E-state index contributed by atoms with van der Waals surface area (Å²) in [6.07, 6.45) is 8.39. The fourth-order valence-corrected chi connectivity index (χ4v) is 4.73. The summed E-state index contributed by atoms with van der Waals surface area (Å²) in [6, 6.07) is 13.2. The third-order valence-electron chi connectivity index (χ3n) is 6.37. The Labute approximate surface area is 166 Å². The van der Waals surface area contributed by atoms with Crippen molar-refractivity contribution in [3.63, 3.8) is 0 Å². The maximum atomic E-state index is 6.41. The highest BCUT2D eigenvalue weighted by atomic mass is 16.3. The van der Waals surface area contributed by atoms with E-state index in [2.05, 4.69) is 68.1 Å². The van der Waals surface area contributed by atoms with E-state index in [1.807, 2.05) is 0 Å². The van der Waals surface area contributed by atoms with Gasteiger partial charge in [0, 0.05) is 34.0 Å². The fraction of sp³-hybridized carbons (Fsp3) is 0.360. The maximum absolute atomic E-state index is 6.41. The monoisotopic (exact) mass is 371 g/mol. The first-order valence-electron chi connectivity index (χ1n) is 10.5. The van der Waals surface area contributed by atoms with Crippen molar-refractivity contribution in [1.82, 2.24) is 4.98 Å². The second-order valence-corrected chi connectivity index (χ2v) is 8.19. The molecule has 1 aliphatic rings. The number of rotatable bonds is 3. The van der Waals surface area contributed by atoms with Gasteiger partial charge in [-0.15, -0.1) is 0 Å². The van der Waals surface area contributed by atoms with Crippen LogP contribution in [-0.4, -0.2) is 4.98 Å². The normalized spacial score (nSPS) is 15.1. The van der Waals surface area contributed by atoms with Gasteiger partial charge in [0.05, 0.1) is 5.56 Å². The largest absolute Gasteiger partial charge is 0.437 e. The molecule has 28 heavy (non-hydrogen) atoms. The number of hydrogen-bond donors (Lipinski definition) is 0. The lowest BCUT2D eigenvalue weighted by atomic mass is 9.99. The smallest absolute Gasteiger partial charge is 0.227 e. The molecule has 142 valence electrons. The van der Waals surface area contributed by atoms with Crippen LogP contribution in [0.1, 0.15) is 55.3 Å². The lowest BCUT2D eigenvalue weighted by molar-refractivity contribution is -0.660. The van der Waals surface area contributed by atoms with Gasteiger partial charge in [-0.3, -0.25) is 0 Å². The Bertz CT molecular complexity index is 1180. The van der Waals surface area contributed by atoms with Gasteiger partial charge in [-0.1, -0.05) is 31.9 Å². The summed E-state index contributed by atoms with van der Waals surface area (Å²) >= 11 is 0. The van der Waals surface area contributed by atoms with E-state index in [-0.39, 0.29) is 0 Å². The number of pyridine rings is 2. The van der Waals surface area contributed by atoms with Crippen LogP contribution in [-0.2, 0) is 13.5 Å². The van der Waals surface area contributed by atoms with E-state index >= 15 is 0 Å². The molecule has 1 saturated carbocycles. The molecule has 0 N–H and O–H groups in total. The molecule has 3 heteroatoms. The molecule has 0 aliphatic heterocycles. The predicted molar refractivity (Wildman–Crippen MR) is 113 cm³/mol. The molecule has 0 saturated heterocycles. The third kappa shape index (κ3) is 2.72. The van der Waals surface area contributed by atoms with Gasteiger partial charge in [-0.05, 0) is 49.9 Å². The summed E-state index contributed by atoms with van der Waals surface area (Å²) in [5.41, 5.74) is 7.83. The molecule has 1 aliphatic carbocycles. The van der Waals surface area contributed by atoms with Crippen molar-refractivity contribution in [1.29, 1.82) is 0 Å². The van der Waals surface area contributed by atoms with Crippen LogP contribution >= 0.6 is 0 Å². The van der Waals surface area contributed by atoms with Crippen molar-refractivity contribution in [2.45, 2.75) is 51.9 Å². The Morgan fingerprint density at radius 3 is 2.57 bits per heavy atom. The van der Waals surface area contributed by atoms with Crippen LogP contribution < -0.4 is 4.57 Å². The van der Waals surface area contributed by atoms with Crippen molar-refractivity contribution in [3.8, 4) is 11.3 Å². The molecule has 3 heterocycles. The average Bonchev–Trinajstić information content (AvgIpc) is 3.35. The van der Waals surface area contributed by atoms with Gasteiger partial charge in [0.25, 0.3) is 0 Å². The van der Waals surface area contributed by atoms with Crippen molar-refractivity contribution < 1.29 is 8.98 Å². The Morgan fingerprint density at radius 2 is 1.82 bits per heavy atom. The zero-order valence-corrected chi connectivity index (χ0v) is 17.0. The maximum Gasteiger partial charge on any atom is 0.227 e. The van der Waals surface area contributed by atoms with E-state index in [0.29, 0.717) is 5.92 Å². The lowest BCUT2D eigenvalue weighted by Crippen LogP contribution is -2.31. The van der Waals surface area contributed by atoms with E-state index in [1.54, 1.807) is 0 Å². The summed E-state index contributed by atoms with van der Waals surface area (Å²) in [5, 5.41) is 2.27. The highest BCUT2D eigenvalue weighted by molar-refractivity contribution is 6.08. The number of aryl methyl sites for hydroxylation is 3. The first kappa shape index (κ1) is 17.4. The molecular weight excluding hydrogens is 344 g/mol. The predicted octanol–water partition coefficient (Wildman–Crippen LogP) is 6.00. The van der Waals surface area contributed by atoms with Gasteiger partial charge < -0.3 is 4.42 Å². The van der Waals surface area contributed by atoms with Crippen LogP contribution in [0, 0.1) is 6.92 Å². The molecule has 4 aromatic rings. The highest BCUT2D eigenvalue weighted by Crippen LogP contribution is 2.38. The van der Waals surface area contributed by atoms with E-state index in [1.165, 1.54) is 53.8 Å². The molecular formula is C25H27N2O+. The zero-order chi connectivity index (χ0) is 19.3. The molecule has 1 aromatic carbocycles. The Hall–Kier alpha value is -2.68. The van der Waals surface area contributed by atoms with E-state index in [9.17, 15) is 0 Å². The number of nitrogens with zero attached hydrogens (tertiary/aromatic N) is 2. The molecule has 0 atom stereocenters. The molecule has 0 bridgehead atoms. The summed E-state index contributed by atoms with van der Waals surface area (Å²) in [5.74, 6) is 0.596. The zero-order valence-electron chi connectivity index (χ0n) is 17.0. The molecule has 0 unspecified atom stereocenters. The van der Waals surface area contributed by atoms with E-state index in [4.69, 9.17) is 9.40 Å². The summed E-state index contributed by atoms with van der Waals surface area (Å²) in [6.45, 7) is 4.35. The fourth-order valence-electron chi connectivity index (χ4n) is 4.73. The second-order valence-electron chi connectivity index (χ2n) is 8.19. The Balaban J connectivity index is 1.73. The Kier molecular flexibility index (Phi) is 4.19. The first-order valence-corrected chi connectivity index (χ1v) is 10.5. The highest BCUT2D eigenvalue weighted by Gasteiger charge is 2.23. The molecule has 1 fully saturated rings. The number of furan rings is 1. The first-order chi connectivity index (χ1) is 13.7. The number of hydrogen-bond acceptors (Lipinski definition) is 2. The topological polar surface area (TPSA) is 29.9 Å². The van der Waals surface area contributed by atoms with Crippen molar-refractivity contribution in [2.75, 3.05) is 0 Å². The van der Waals surface area contributed by atoms with Gasteiger partial charge >= 0.3 is 0 Å². The number of fused-ring (bicyclic) bond motifs is 3. The standard InChI is InChI=1S/C25H27N2O/c1-4-17-10-14-22(27(3)15-17)23-16(2)9-11-19-20-12-13-21(18-7-5-6-8-18)26-25(20)28-24(19)23/h9-15,18H,4-8H2,1-3H3/q+1. The van der Waals surface area contributed by atoms with Gasteiger partial charge in [-0.25, -0.2) is 9.55 Å². The minimum absolute atomic E-state index is 0.596. The van der Waals surface area contributed by atoms with Crippen LogP contribution in [0.15, 0.2) is 47.0 Å². The molecule has 3 aromatic heterocycles. The average molecular weight is 372 g/mol. The minimum atomic E-state index is 0.596. The molecule has 5 rings (SSSR count). The van der Waals surface area contributed by atoms with Gasteiger partial charge in [0.2, 0.25) is 11.4 Å². The van der Waals surface area contributed by atoms with Crippen LogP contribution in [0.3, 0.4) is 0 Å². The molecule has 0 spiro atoms. The van der Waals surface area contributed by atoms with Crippen LogP contribution in [0.2, 0.25) is 0 Å². The number of benzene rings is 1. The van der Waals surface area contributed by atoms with Crippen molar-refractivity contribution in [2.24, 2.45) is 7.05 Å². The lowest BCUT2D eigenvalue weighted by Gasteiger charge is -2.06. The van der Waals surface area contributed by atoms with Gasteiger partial charge in [-0.2, -0.15) is 0 Å². The van der Waals surface area contributed by atoms with E-state index in [0.717, 1.165) is 28.5 Å². The Morgan fingerprint density at radius 1 is 1.04 bits per heavy atom.